The van der Waals surface area contributed by atoms with E-state index in [1.165, 1.54) is 18.7 Å². The fraction of sp³-hybridized carbons (Fsp3) is 0.353. The van der Waals surface area contributed by atoms with E-state index in [2.05, 4.69) is 15.3 Å². The molecule has 1 N–H and O–H groups in total. The second-order valence-electron chi connectivity index (χ2n) is 5.84. The lowest BCUT2D eigenvalue weighted by molar-refractivity contribution is -0.120. The maximum absolute atomic E-state index is 14.2. The predicted octanol–water partition coefficient (Wildman–Crippen LogP) is 5.11. The van der Waals surface area contributed by atoms with Crippen molar-refractivity contribution in [2.75, 3.05) is 5.32 Å². The SMILES string of the molecule is O=C(Nc1cc(-c2ccnc(Cl)c2Cl)c(F)cn1)C1CCCCC1. The maximum Gasteiger partial charge on any atom is 0.228 e. The van der Waals surface area contributed by atoms with Crippen molar-refractivity contribution in [3.63, 3.8) is 0 Å². The van der Waals surface area contributed by atoms with E-state index in [4.69, 9.17) is 23.2 Å². The lowest BCUT2D eigenvalue weighted by Gasteiger charge is -2.20. The molecule has 1 saturated carbocycles. The molecule has 0 unspecified atom stereocenters. The normalized spacial score (nSPS) is 15.3. The van der Waals surface area contributed by atoms with Gasteiger partial charge in [-0.2, -0.15) is 0 Å². The summed E-state index contributed by atoms with van der Waals surface area (Å²) in [5.74, 6) is -0.326. The molecule has 0 radical (unpaired) electrons. The summed E-state index contributed by atoms with van der Waals surface area (Å²) in [7, 11) is 0. The minimum absolute atomic E-state index is 0.00647. The van der Waals surface area contributed by atoms with Gasteiger partial charge in [-0.15, -0.1) is 0 Å². The topological polar surface area (TPSA) is 54.9 Å². The number of aromatic nitrogens is 2. The van der Waals surface area contributed by atoms with Crippen LogP contribution in [0.1, 0.15) is 32.1 Å². The van der Waals surface area contributed by atoms with Crippen molar-refractivity contribution in [1.29, 1.82) is 0 Å². The number of nitrogens with one attached hydrogen (secondary N) is 1. The van der Waals surface area contributed by atoms with Gasteiger partial charge in [0.1, 0.15) is 16.8 Å². The molecule has 7 heteroatoms. The van der Waals surface area contributed by atoms with Crippen LogP contribution in [0.4, 0.5) is 10.2 Å². The molecular weight excluding hydrogens is 352 g/mol. The number of hydrogen-bond acceptors (Lipinski definition) is 3. The summed E-state index contributed by atoms with van der Waals surface area (Å²) in [5.41, 5.74) is 0.628. The largest absolute Gasteiger partial charge is 0.310 e. The van der Waals surface area contributed by atoms with Gasteiger partial charge in [-0.1, -0.05) is 42.5 Å². The van der Waals surface area contributed by atoms with Crippen LogP contribution in [0.5, 0.6) is 0 Å². The summed E-state index contributed by atoms with van der Waals surface area (Å²) < 4.78 is 14.2. The maximum atomic E-state index is 14.2. The van der Waals surface area contributed by atoms with Crippen LogP contribution in [-0.2, 0) is 4.79 Å². The van der Waals surface area contributed by atoms with Gasteiger partial charge in [0.15, 0.2) is 0 Å². The molecule has 1 fully saturated rings. The first-order valence-electron chi connectivity index (χ1n) is 7.83. The Morgan fingerprint density at radius 3 is 2.67 bits per heavy atom. The van der Waals surface area contributed by atoms with Crippen LogP contribution >= 0.6 is 23.2 Å². The van der Waals surface area contributed by atoms with Crippen molar-refractivity contribution in [3.05, 3.63) is 40.5 Å². The summed E-state index contributed by atoms with van der Waals surface area (Å²) in [6.07, 6.45) is 7.57. The molecule has 4 nitrogen and oxygen atoms in total. The van der Waals surface area contributed by atoms with Crippen LogP contribution in [-0.4, -0.2) is 15.9 Å². The Balaban J connectivity index is 1.86. The molecule has 2 heterocycles. The Kier molecular flexibility index (Phi) is 5.31. The summed E-state index contributed by atoms with van der Waals surface area (Å²) in [6.45, 7) is 0. The third-order valence-electron chi connectivity index (χ3n) is 4.22. The van der Waals surface area contributed by atoms with Crippen LogP contribution in [0.15, 0.2) is 24.5 Å². The van der Waals surface area contributed by atoms with Gasteiger partial charge in [-0.05, 0) is 25.0 Å². The Labute approximate surface area is 149 Å². The molecule has 24 heavy (non-hydrogen) atoms. The third-order valence-corrected chi connectivity index (χ3v) is 4.99. The highest BCUT2D eigenvalue weighted by Crippen LogP contribution is 2.34. The zero-order chi connectivity index (χ0) is 17.1. The Morgan fingerprint density at radius 2 is 1.92 bits per heavy atom. The van der Waals surface area contributed by atoms with Crippen LogP contribution in [0.25, 0.3) is 11.1 Å². The molecule has 2 aromatic rings. The molecule has 1 amide bonds. The highest BCUT2D eigenvalue weighted by Gasteiger charge is 2.22. The molecule has 0 atom stereocenters. The Hall–Kier alpha value is -1.72. The smallest absolute Gasteiger partial charge is 0.228 e. The van der Waals surface area contributed by atoms with Crippen molar-refractivity contribution in [3.8, 4) is 11.1 Å². The number of amides is 1. The van der Waals surface area contributed by atoms with Gasteiger partial charge < -0.3 is 5.32 Å². The molecule has 0 aromatic carbocycles. The number of anilines is 1. The van der Waals surface area contributed by atoms with E-state index in [1.54, 1.807) is 6.07 Å². The zero-order valence-electron chi connectivity index (χ0n) is 12.9. The van der Waals surface area contributed by atoms with Crippen molar-refractivity contribution >= 4 is 34.9 Å². The van der Waals surface area contributed by atoms with Crippen molar-refractivity contribution in [2.24, 2.45) is 5.92 Å². The number of nitrogens with zero attached hydrogens (tertiary/aromatic N) is 2. The summed E-state index contributed by atoms with van der Waals surface area (Å²) >= 11 is 12.0. The van der Waals surface area contributed by atoms with Gasteiger partial charge in [-0.3, -0.25) is 4.79 Å². The van der Waals surface area contributed by atoms with E-state index >= 15 is 0 Å². The van der Waals surface area contributed by atoms with E-state index in [-0.39, 0.29) is 27.6 Å². The summed E-state index contributed by atoms with van der Waals surface area (Å²) in [4.78, 5) is 20.1. The molecule has 0 aliphatic heterocycles. The minimum atomic E-state index is -0.546. The highest BCUT2D eigenvalue weighted by molar-refractivity contribution is 6.43. The highest BCUT2D eigenvalue weighted by atomic mass is 35.5. The molecule has 0 spiro atoms. The average molecular weight is 368 g/mol. The van der Waals surface area contributed by atoms with E-state index in [0.29, 0.717) is 11.4 Å². The van der Waals surface area contributed by atoms with Gasteiger partial charge in [0, 0.05) is 23.2 Å². The molecule has 126 valence electrons. The summed E-state index contributed by atoms with van der Waals surface area (Å²) in [6, 6.07) is 3.03. The molecule has 0 bridgehead atoms. The molecule has 0 saturated heterocycles. The summed E-state index contributed by atoms with van der Waals surface area (Å²) in [5, 5.41) is 3.03. The van der Waals surface area contributed by atoms with Crippen molar-refractivity contribution in [1.82, 2.24) is 9.97 Å². The van der Waals surface area contributed by atoms with E-state index in [9.17, 15) is 9.18 Å². The first-order chi connectivity index (χ1) is 11.6. The van der Waals surface area contributed by atoms with E-state index in [0.717, 1.165) is 31.9 Å². The van der Waals surface area contributed by atoms with Crippen LogP contribution < -0.4 is 5.32 Å². The van der Waals surface area contributed by atoms with Crippen molar-refractivity contribution < 1.29 is 9.18 Å². The van der Waals surface area contributed by atoms with Crippen LogP contribution in [0.2, 0.25) is 10.2 Å². The number of rotatable bonds is 3. The first-order valence-corrected chi connectivity index (χ1v) is 8.58. The number of hydrogen-bond donors (Lipinski definition) is 1. The van der Waals surface area contributed by atoms with E-state index < -0.39 is 5.82 Å². The van der Waals surface area contributed by atoms with Crippen molar-refractivity contribution in [2.45, 2.75) is 32.1 Å². The molecule has 1 aliphatic rings. The lowest BCUT2D eigenvalue weighted by Crippen LogP contribution is -2.25. The quantitative estimate of drug-likeness (QED) is 0.766. The average Bonchev–Trinajstić information content (AvgIpc) is 2.60. The van der Waals surface area contributed by atoms with Crippen LogP contribution in [0.3, 0.4) is 0 Å². The van der Waals surface area contributed by atoms with Gasteiger partial charge >= 0.3 is 0 Å². The molecule has 1 aliphatic carbocycles. The zero-order valence-corrected chi connectivity index (χ0v) is 14.4. The number of halogens is 3. The molecule has 2 aromatic heterocycles. The number of carbonyl (C=O) groups is 1. The number of carbonyl (C=O) groups excluding carboxylic acids is 1. The van der Waals surface area contributed by atoms with Gasteiger partial charge in [0.2, 0.25) is 5.91 Å². The Morgan fingerprint density at radius 1 is 1.17 bits per heavy atom. The standard InChI is InChI=1S/C17H16Cl2FN3O/c18-15-11(6-7-21-16(15)19)12-8-14(22-9-13(12)20)23-17(24)10-4-2-1-3-5-10/h6-10H,1-5H2,(H,22,23,24). The molecular formula is C17H16Cl2FN3O. The molecule has 3 rings (SSSR count). The van der Waals surface area contributed by atoms with Gasteiger partial charge in [0.25, 0.3) is 0 Å². The second kappa shape index (κ2) is 7.45. The third kappa shape index (κ3) is 3.68. The fourth-order valence-electron chi connectivity index (χ4n) is 2.93. The fourth-order valence-corrected chi connectivity index (χ4v) is 3.30. The second-order valence-corrected chi connectivity index (χ2v) is 6.57. The monoisotopic (exact) mass is 367 g/mol. The first kappa shape index (κ1) is 17.1. The van der Waals surface area contributed by atoms with Gasteiger partial charge in [-0.25, -0.2) is 14.4 Å². The lowest BCUT2D eigenvalue weighted by atomic mass is 9.89. The Bertz CT molecular complexity index is 763. The van der Waals surface area contributed by atoms with Crippen LogP contribution in [0, 0.1) is 11.7 Å². The number of pyridine rings is 2. The van der Waals surface area contributed by atoms with Gasteiger partial charge in [0.05, 0.1) is 11.2 Å². The van der Waals surface area contributed by atoms with E-state index in [1.807, 2.05) is 0 Å². The minimum Gasteiger partial charge on any atom is -0.310 e. The predicted molar refractivity (Wildman–Crippen MR) is 92.7 cm³/mol.